The van der Waals surface area contributed by atoms with Gasteiger partial charge in [0.2, 0.25) is 0 Å². The molecule has 1 unspecified atom stereocenters. The van der Waals surface area contributed by atoms with Crippen LogP contribution in [0.5, 0.6) is 0 Å². The molecule has 1 aromatic rings. The first-order valence-corrected chi connectivity index (χ1v) is 6.13. The number of benzene rings is 1. The highest BCUT2D eigenvalue weighted by Crippen LogP contribution is 2.39. The summed E-state index contributed by atoms with van der Waals surface area (Å²) < 4.78 is 0. The van der Waals surface area contributed by atoms with Crippen molar-refractivity contribution in [2.75, 3.05) is 6.61 Å². The van der Waals surface area contributed by atoms with Gasteiger partial charge in [0.15, 0.2) is 0 Å². The summed E-state index contributed by atoms with van der Waals surface area (Å²) in [6.45, 7) is 2.98. The maximum absolute atomic E-state index is 9.45. The summed E-state index contributed by atoms with van der Waals surface area (Å²) in [5.41, 5.74) is 0.934. The van der Waals surface area contributed by atoms with E-state index in [0.717, 1.165) is 10.6 Å². The molecule has 0 heterocycles. The maximum atomic E-state index is 9.45. The largest absolute Gasteiger partial charge is 0.394 e. The minimum Gasteiger partial charge on any atom is -0.394 e. The third-order valence-electron chi connectivity index (χ3n) is 3.45. The molecule has 1 fully saturated rings. The molecule has 0 spiro atoms. The fourth-order valence-electron chi connectivity index (χ4n) is 1.99. The Kier molecular flexibility index (Phi) is 3.53. The van der Waals surface area contributed by atoms with E-state index in [4.69, 9.17) is 11.6 Å². The van der Waals surface area contributed by atoms with E-state index in [9.17, 15) is 5.11 Å². The molecule has 1 aliphatic rings. The van der Waals surface area contributed by atoms with E-state index >= 15 is 0 Å². The first kappa shape index (κ1) is 11.9. The van der Waals surface area contributed by atoms with Gasteiger partial charge in [-0.05, 0) is 37.3 Å². The summed E-state index contributed by atoms with van der Waals surface area (Å²) in [5.74, 6) is 0.611. The average Bonchev–Trinajstić information content (AvgIpc) is 3.12. The lowest BCUT2D eigenvalue weighted by atomic mass is 9.96. The van der Waals surface area contributed by atoms with Gasteiger partial charge in [-0.25, -0.2) is 0 Å². The van der Waals surface area contributed by atoms with Gasteiger partial charge in [-0.3, -0.25) is 0 Å². The number of hydrogen-bond acceptors (Lipinski definition) is 2. The van der Waals surface area contributed by atoms with E-state index < -0.39 is 0 Å². The molecule has 0 saturated heterocycles. The van der Waals surface area contributed by atoms with Gasteiger partial charge in [-0.1, -0.05) is 29.8 Å². The normalized spacial score (nSPS) is 19.4. The zero-order valence-corrected chi connectivity index (χ0v) is 10.3. The van der Waals surface area contributed by atoms with Crippen LogP contribution < -0.4 is 5.32 Å². The Balaban J connectivity index is 1.98. The number of rotatable bonds is 5. The summed E-state index contributed by atoms with van der Waals surface area (Å²) in [4.78, 5) is 0. The molecule has 0 bridgehead atoms. The SMILES string of the molecule is CC(CO)(NCc1ccccc1Cl)C1CC1. The van der Waals surface area contributed by atoms with Crippen LogP contribution in [0, 0.1) is 5.92 Å². The predicted octanol–water partition coefficient (Wildman–Crippen LogP) is 2.59. The van der Waals surface area contributed by atoms with Gasteiger partial charge < -0.3 is 10.4 Å². The molecule has 16 heavy (non-hydrogen) atoms. The molecule has 3 heteroatoms. The van der Waals surface area contributed by atoms with Crippen LogP contribution in [0.2, 0.25) is 5.02 Å². The zero-order valence-electron chi connectivity index (χ0n) is 9.54. The summed E-state index contributed by atoms with van der Waals surface area (Å²) in [7, 11) is 0. The lowest BCUT2D eigenvalue weighted by Crippen LogP contribution is -2.47. The second-order valence-electron chi connectivity index (χ2n) is 4.79. The monoisotopic (exact) mass is 239 g/mol. The van der Waals surface area contributed by atoms with Crippen molar-refractivity contribution in [1.29, 1.82) is 0 Å². The van der Waals surface area contributed by atoms with Crippen LogP contribution in [0.25, 0.3) is 0 Å². The van der Waals surface area contributed by atoms with Crippen LogP contribution in [0.1, 0.15) is 25.3 Å². The van der Waals surface area contributed by atoms with Crippen molar-refractivity contribution >= 4 is 11.6 Å². The van der Waals surface area contributed by atoms with Crippen molar-refractivity contribution in [2.45, 2.75) is 31.8 Å². The Bertz CT molecular complexity index is 365. The number of hydrogen-bond donors (Lipinski definition) is 2. The molecule has 2 rings (SSSR count). The Hall–Kier alpha value is -0.570. The van der Waals surface area contributed by atoms with Crippen molar-refractivity contribution < 1.29 is 5.11 Å². The standard InChI is InChI=1S/C13H18ClNO/c1-13(9-16,11-6-7-11)15-8-10-4-2-3-5-12(10)14/h2-5,11,15-16H,6-9H2,1H3. The number of halogens is 1. The van der Waals surface area contributed by atoms with Crippen molar-refractivity contribution in [1.82, 2.24) is 5.32 Å². The van der Waals surface area contributed by atoms with Gasteiger partial charge in [0.1, 0.15) is 0 Å². The predicted molar refractivity (Wildman–Crippen MR) is 66.5 cm³/mol. The second-order valence-corrected chi connectivity index (χ2v) is 5.20. The molecule has 88 valence electrons. The Morgan fingerprint density at radius 3 is 2.69 bits per heavy atom. The maximum Gasteiger partial charge on any atom is 0.0613 e. The van der Waals surface area contributed by atoms with Crippen molar-refractivity contribution in [2.24, 2.45) is 5.92 Å². The quantitative estimate of drug-likeness (QED) is 0.828. The third kappa shape index (κ3) is 2.57. The Morgan fingerprint density at radius 2 is 2.12 bits per heavy atom. The first-order valence-electron chi connectivity index (χ1n) is 5.75. The Labute approximate surface area is 102 Å². The molecular weight excluding hydrogens is 222 g/mol. The lowest BCUT2D eigenvalue weighted by Gasteiger charge is -2.29. The van der Waals surface area contributed by atoms with Crippen LogP contribution in [0.4, 0.5) is 0 Å². The molecule has 0 aliphatic heterocycles. The van der Waals surface area contributed by atoms with E-state index in [-0.39, 0.29) is 12.1 Å². The Morgan fingerprint density at radius 1 is 1.44 bits per heavy atom. The smallest absolute Gasteiger partial charge is 0.0613 e. The van der Waals surface area contributed by atoms with Crippen LogP contribution in [0.3, 0.4) is 0 Å². The zero-order chi connectivity index (χ0) is 11.6. The van der Waals surface area contributed by atoms with Gasteiger partial charge in [0.25, 0.3) is 0 Å². The molecule has 1 saturated carbocycles. The minimum atomic E-state index is -0.154. The first-order chi connectivity index (χ1) is 7.65. The van der Waals surface area contributed by atoms with Gasteiger partial charge in [0.05, 0.1) is 6.61 Å². The fraction of sp³-hybridized carbons (Fsp3) is 0.538. The van der Waals surface area contributed by atoms with Crippen LogP contribution in [-0.4, -0.2) is 17.3 Å². The van der Waals surface area contributed by atoms with Crippen LogP contribution in [0.15, 0.2) is 24.3 Å². The second kappa shape index (κ2) is 4.74. The van der Waals surface area contributed by atoms with E-state index in [0.29, 0.717) is 12.5 Å². The van der Waals surface area contributed by atoms with E-state index in [1.54, 1.807) is 0 Å². The highest BCUT2D eigenvalue weighted by atomic mass is 35.5. The molecule has 1 atom stereocenters. The molecule has 0 amide bonds. The summed E-state index contributed by atoms with van der Waals surface area (Å²) in [6.07, 6.45) is 2.43. The van der Waals surface area contributed by atoms with E-state index in [2.05, 4.69) is 12.2 Å². The molecule has 0 radical (unpaired) electrons. The van der Waals surface area contributed by atoms with Crippen molar-refractivity contribution in [3.8, 4) is 0 Å². The van der Waals surface area contributed by atoms with Crippen LogP contribution in [-0.2, 0) is 6.54 Å². The van der Waals surface area contributed by atoms with E-state index in [1.807, 2.05) is 24.3 Å². The summed E-state index contributed by atoms with van der Waals surface area (Å²) in [5, 5.41) is 13.7. The van der Waals surface area contributed by atoms with Gasteiger partial charge >= 0.3 is 0 Å². The summed E-state index contributed by atoms with van der Waals surface area (Å²) in [6, 6.07) is 7.82. The highest BCUT2D eigenvalue weighted by molar-refractivity contribution is 6.31. The van der Waals surface area contributed by atoms with Crippen molar-refractivity contribution in [3.63, 3.8) is 0 Å². The molecule has 2 nitrogen and oxygen atoms in total. The van der Waals surface area contributed by atoms with Gasteiger partial charge in [-0.2, -0.15) is 0 Å². The highest BCUT2D eigenvalue weighted by Gasteiger charge is 2.40. The molecule has 2 N–H and O–H groups in total. The van der Waals surface area contributed by atoms with Crippen molar-refractivity contribution in [3.05, 3.63) is 34.9 Å². The molecule has 0 aromatic heterocycles. The van der Waals surface area contributed by atoms with Gasteiger partial charge in [0, 0.05) is 17.1 Å². The molecule has 1 aliphatic carbocycles. The molecular formula is C13H18ClNO. The average molecular weight is 240 g/mol. The number of aliphatic hydroxyl groups excluding tert-OH is 1. The van der Waals surface area contributed by atoms with Gasteiger partial charge in [-0.15, -0.1) is 0 Å². The molecule has 1 aromatic carbocycles. The number of aliphatic hydroxyl groups is 1. The lowest BCUT2D eigenvalue weighted by molar-refractivity contribution is 0.153. The minimum absolute atomic E-state index is 0.154. The summed E-state index contributed by atoms with van der Waals surface area (Å²) >= 11 is 6.09. The third-order valence-corrected chi connectivity index (χ3v) is 3.82. The van der Waals surface area contributed by atoms with E-state index in [1.165, 1.54) is 12.8 Å². The number of nitrogens with one attached hydrogen (secondary N) is 1. The topological polar surface area (TPSA) is 32.3 Å². The fourth-order valence-corrected chi connectivity index (χ4v) is 2.19. The van der Waals surface area contributed by atoms with Crippen LogP contribution >= 0.6 is 11.6 Å².